The van der Waals surface area contributed by atoms with Gasteiger partial charge in [-0.1, -0.05) is 30.0 Å². The smallest absolute Gasteiger partial charge is 0.335 e. The quantitative estimate of drug-likeness (QED) is 0.317. The summed E-state index contributed by atoms with van der Waals surface area (Å²) in [6.45, 7) is 1.90. The van der Waals surface area contributed by atoms with Crippen molar-refractivity contribution in [3.63, 3.8) is 0 Å². The van der Waals surface area contributed by atoms with Gasteiger partial charge < -0.3 is 13.9 Å². The van der Waals surface area contributed by atoms with E-state index in [2.05, 4.69) is 0 Å². The number of amides is 1. The van der Waals surface area contributed by atoms with Crippen LogP contribution in [-0.4, -0.2) is 30.3 Å². The van der Waals surface area contributed by atoms with E-state index in [1.165, 1.54) is 18.0 Å². The van der Waals surface area contributed by atoms with Gasteiger partial charge in [0, 0.05) is 10.6 Å². The van der Waals surface area contributed by atoms with Crippen LogP contribution in [0.5, 0.6) is 5.75 Å². The van der Waals surface area contributed by atoms with E-state index in [-0.39, 0.29) is 12.5 Å². The molecule has 1 saturated heterocycles. The summed E-state index contributed by atoms with van der Waals surface area (Å²) in [5.74, 6) is 0.273. The number of hydrogen-bond acceptors (Lipinski definition) is 6. The van der Waals surface area contributed by atoms with Crippen molar-refractivity contribution >= 4 is 29.3 Å². The number of nitrogens with zero attached hydrogens (tertiary/aromatic N) is 1. The Morgan fingerprint density at radius 3 is 2.43 bits per heavy atom. The summed E-state index contributed by atoms with van der Waals surface area (Å²) in [5, 5.41) is 0. The summed E-state index contributed by atoms with van der Waals surface area (Å²) < 4.78 is 14.8. The Hall–Kier alpha value is -3.19. The van der Waals surface area contributed by atoms with Crippen LogP contribution in [0.1, 0.15) is 18.7 Å². The lowest BCUT2D eigenvalue weighted by Gasteiger charge is -2.52. The van der Waals surface area contributed by atoms with Crippen molar-refractivity contribution in [2.45, 2.75) is 22.6 Å². The third kappa shape index (κ3) is 3.25. The molecule has 7 heteroatoms. The summed E-state index contributed by atoms with van der Waals surface area (Å²) in [7, 11) is 1.58. The van der Waals surface area contributed by atoms with Crippen molar-refractivity contribution in [2.75, 3.05) is 18.6 Å². The number of hydrogen-bond donors (Lipinski definition) is 0. The third-order valence-electron chi connectivity index (χ3n) is 4.94. The maximum atomic E-state index is 13.6. The Balaban J connectivity index is 1.81. The van der Waals surface area contributed by atoms with Crippen molar-refractivity contribution in [3.05, 3.63) is 78.8 Å². The highest BCUT2D eigenvalue weighted by Gasteiger charge is 2.69. The first-order valence-corrected chi connectivity index (χ1v) is 10.4. The van der Waals surface area contributed by atoms with E-state index in [1.807, 2.05) is 30.3 Å². The van der Waals surface area contributed by atoms with Gasteiger partial charge in [-0.05, 0) is 55.5 Å². The molecular formula is C23H21NO5S. The molecule has 1 fully saturated rings. The number of β-lactam (4-membered cyclic amide) rings is 1. The molecule has 30 heavy (non-hydrogen) atoms. The highest BCUT2D eigenvalue weighted by molar-refractivity contribution is 8.02. The zero-order chi connectivity index (χ0) is 21.1. The van der Waals surface area contributed by atoms with Gasteiger partial charge in [0.2, 0.25) is 4.75 Å². The topological polar surface area (TPSA) is 69.0 Å². The fraction of sp³-hybridized carbons (Fsp3) is 0.217. The zero-order valence-corrected chi connectivity index (χ0v) is 17.4. The molecule has 0 radical (unpaired) electrons. The van der Waals surface area contributed by atoms with Crippen molar-refractivity contribution in [3.8, 4) is 5.75 Å². The molecule has 2 heterocycles. The molecule has 4 rings (SSSR count). The maximum absolute atomic E-state index is 13.6. The SMILES string of the molecule is CCOC(=O)[C@@]1(Sc2ccccc2)C(=O)N(c2ccc(OC)cc2)[C@H]1c1ccco1. The molecule has 3 aromatic rings. The van der Waals surface area contributed by atoms with Gasteiger partial charge in [-0.15, -0.1) is 0 Å². The van der Waals surface area contributed by atoms with Gasteiger partial charge in [-0.25, -0.2) is 4.79 Å². The third-order valence-corrected chi connectivity index (χ3v) is 6.34. The molecule has 0 spiro atoms. The van der Waals surface area contributed by atoms with Crippen molar-refractivity contribution in [2.24, 2.45) is 0 Å². The van der Waals surface area contributed by atoms with Crippen LogP contribution >= 0.6 is 11.8 Å². The molecule has 2 atom stereocenters. The fourth-order valence-corrected chi connectivity index (χ4v) is 4.89. The average molecular weight is 423 g/mol. The lowest BCUT2D eigenvalue weighted by atomic mass is 9.83. The molecule has 0 aliphatic carbocycles. The first kappa shape index (κ1) is 20.1. The minimum Gasteiger partial charge on any atom is -0.497 e. The molecule has 0 unspecified atom stereocenters. The second kappa shape index (κ2) is 8.28. The van der Waals surface area contributed by atoms with Crippen LogP contribution in [0, 0.1) is 0 Å². The normalized spacial score (nSPS) is 20.5. The Bertz CT molecular complexity index is 1020. The van der Waals surface area contributed by atoms with Gasteiger partial charge in [-0.3, -0.25) is 9.69 Å². The number of ether oxygens (including phenoxy) is 2. The molecule has 154 valence electrons. The van der Waals surface area contributed by atoms with E-state index >= 15 is 0 Å². The summed E-state index contributed by atoms with van der Waals surface area (Å²) in [6, 6.07) is 19.3. The van der Waals surface area contributed by atoms with Crippen LogP contribution in [0.25, 0.3) is 0 Å². The van der Waals surface area contributed by atoms with Gasteiger partial charge in [0.05, 0.1) is 20.0 Å². The van der Waals surface area contributed by atoms with Crippen LogP contribution in [0.3, 0.4) is 0 Å². The monoisotopic (exact) mass is 423 g/mol. The second-order valence-electron chi connectivity index (χ2n) is 6.66. The lowest BCUT2D eigenvalue weighted by Crippen LogP contribution is -2.71. The summed E-state index contributed by atoms with van der Waals surface area (Å²) >= 11 is 1.20. The second-order valence-corrected chi connectivity index (χ2v) is 7.98. The van der Waals surface area contributed by atoms with Crippen LogP contribution < -0.4 is 9.64 Å². The molecule has 0 N–H and O–H groups in total. The maximum Gasteiger partial charge on any atom is 0.335 e. The van der Waals surface area contributed by atoms with E-state index < -0.39 is 16.8 Å². The van der Waals surface area contributed by atoms with E-state index in [1.54, 1.807) is 55.3 Å². The van der Waals surface area contributed by atoms with E-state index in [4.69, 9.17) is 13.9 Å². The van der Waals surface area contributed by atoms with Gasteiger partial charge in [0.1, 0.15) is 17.6 Å². The summed E-state index contributed by atoms with van der Waals surface area (Å²) in [4.78, 5) is 29.2. The lowest BCUT2D eigenvalue weighted by molar-refractivity contribution is -0.154. The zero-order valence-electron chi connectivity index (χ0n) is 16.6. The highest BCUT2D eigenvalue weighted by Crippen LogP contribution is 2.56. The number of benzene rings is 2. The summed E-state index contributed by atoms with van der Waals surface area (Å²) in [5.41, 5.74) is 0.649. The number of anilines is 1. The largest absolute Gasteiger partial charge is 0.497 e. The minimum absolute atomic E-state index is 0.177. The molecular weight excluding hydrogens is 402 g/mol. The Kier molecular flexibility index (Phi) is 5.55. The molecule has 2 aromatic carbocycles. The molecule has 1 aliphatic heterocycles. The number of furan rings is 1. The molecule has 1 aliphatic rings. The predicted molar refractivity (Wildman–Crippen MR) is 114 cm³/mol. The molecule has 0 saturated carbocycles. The van der Waals surface area contributed by atoms with E-state index in [0.717, 1.165) is 4.90 Å². The van der Waals surface area contributed by atoms with Gasteiger partial charge >= 0.3 is 5.97 Å². The van der Waals surface area contributed by atoms with Crippen LogP contribution in [0.2, 0.25) is 0 Å². The first-order valence-electron chi connectivity index (χ1n) is 9.54. The van der Waals surface area contributed by atoms with Crippen molar-refractivity contribution in [1.29, 1.82) is 0 Å². The van der Waals surface area contributed by atoms with Crippen LogP contribution in [0.15, 0.2) is 82.3 Å². The number of carbonyl (C=O) groups is 2. The number of methoxy groups -OCH3 is 1. The van der Waals surface area contributed by atoms with Gasteiger partial charge in [0.15, 0.2) is 0 Å². The Morgan fingerprint density at radius 2 is 1.83 bits per heavy atom. The first-order chi connectivity index (χ1) is 14.6. The Morgan fingerprint density at radius 1 is 1.10 bits per heavy atom. The standard InChI is InChI=1S/C23H21NO5S/c1-3-28-22(26)23(30-18-8-5-4-6-9-18)20(19-10-7-15-29-19)24(21(23)25)16-11-13-17(27-2)14-12-16/h4-15,20H,3H2,1-2H3/t20-,23-/m0/s1. The summed E-state index contributed by atoms with van der Waals surface area (Å²) in [6.07, 6.45) is 1.54. The molecule has 0 bridgehead atoms. The van der Waals surface area contributed by atoms with Crippen molar-refractivity contribution in [1.82, 2.24) is 0 Å². The minimum atomic E-state index is -1.48. The number of esters is 1. The van der Waals surface area contributed by atoms with Gasteiger partial charge in [-0.2, -0.15) is 0 Å². The average Bonchev–Trinajstić information content (AvgIpc) is 3.30. The molecule has 1 aromatic heterocycles. The highest BCUT2D eigenvalue weighted by atomic mass is 32.2. The molecule has 1 amide bonds. The fourth-order valence-electron chi connectivity index (χ4n) is 3.57. The number of rotatable bonds is 7. The van der Waals surface area contributed by atoms with E-state index in [0.29, 0.717) is 17.2 Å². The van der Waals surface area contributed by atoms with E-state index in [9.17, 15) is 9.59 Å². The van der Waals surface area contributed by atoms with Crippen LogP contribution in [0.4, 0.5) is 5.69 Å². The Labute approximate surface area is 178 Å². The van der Waals surface area contributed by atoms with Crippen LogP contribution in [-0.2, 0) is 14.3 Å². The number of carbonyl (C=O) groups excluding carboxylic acids is 2. The predicted octanol–water partition coefficient (Wildman–Crippen LogP) is 4.47. The van der Waals surface area contributed by atoms with Crippen molar-refractivity contribution < 1.29 is 23.5 Å². The van der Waals surface area contributed by atoms with Gasteiger partial charge in [0.25, 0.3) is 5.91 Å². The number of thioether (sulfide) groups is 1. The molecule has 6 nitrogen and oxygen atoms in total.